The highest BCUT2D eigenvalue weighted by atomic mass is 15.0. The molecular weight excluding hydrogens is 172 g/mol. The Balaban J connectivity index is 3.68. The Morgan fingerprint density at radius 2 is 1.79 bits per heavy atom. The fourth-order valence-electron chi connectivity index (χ4n) is 1.49. The van der Waals surface area contributed by atoms with Gasteiger partial charge in [0.2, 0.25) is 0 Å². The molecule has 0 saturated carbocycles. The van der Waals surface area contributed by atoms with Crippen molar-refractivity contribution in [3.63, 3.8) is 0 Å². The van der Waals surface area contributed by atoms with E-state index >= 15 is 0 Å². The first-order valence-electron chi connectivity index (χ1n) is 6.10. The number of unbranched alkanes of at least 4 members (excludes halogenated alkanes) is 1. The van der Waals surface area contributed by atoms with Gasteiger partial charge in [-0.3, -0.25) is 0 Å². The molecule has 0 aliphatic rings. The Labute approximate surface area is 89.6 Å². The van der Waals surface area contributed by atoms with Crippen LogP contribution in [0.2, 0.25) is 0 Å². The molecule has 2 nitrogen and oxygen atoms in total. The summed E-state index contributed by atoms with van der Waals surface area (Å²) in [6.07, 6.45) is 5.96. The molecule has 1 atom stereocenters. The molecule has 1 unspecified atom stereocenters. The number of nitrogens with one attached hydrogen (secondary N) is 1. The molecule has 0 saturated heterocycles. The summed E-state index contributed by atoms with van der Waals surface area (Å²) in [5.74, 6) is 0. The van der Waals surface area contributed by atoms with Gasteiger partial charge >= 0.3 is 0 Å². The average Bonchev–Trinajstić information content (AvgIpc) is 2.23. The zero-order chi connectivity index (χ0) is 11.0. The van der Waals surface area contributed by atoms with Crippen LogP contribution in [0.5, 0.6) is 0 Å². The van der Waals surface area contributed by atoms with Crippen molar-refractivity contribution in [3.8, 4) is 0 Å². The highest BCUT2D eigenvalue weighted by Crippen LogP contribution is 2.10. The van der Waals surface area contributed by atoms with Crippen molar-refractivity contribution < 1.29 is 0 Å². The largest absolute Gasteiger partial charge is 0.324 e. The second kappa shape index (κ2) is 7.24. The van der Waals surface area contributed by atoms with Crippen LogP contribution in [0.15, 0.2) is 0 Å². The lowest BCUT2D eigenvalue weighted by Crippen LogP contribution is -2.49. The van der Waals surface area contributed by atoms with E-state index in [1.807, 2.05) is 0 Å². The minimum Gasteiger partial charge on any atom is -0.324 e. The van der Waals surface area contributed by atoms with E-state index < -0.39 is 0 Å². The molecule has 0 radical (unpaired) electrons. The van der Waals surface area contributed by atoms with Gasteiger partial charge in [0, 0.05) is 18.1 Å². The fourth-order valence-corrected chi connectivity index (χ4v) is 1.49. The third-order valence-corrected chi connectivity index (χ3v) is 3.20. The maximum Gasteiger partial charge on any atom is 0.0275 e. The molecule has 0 aromatic carbocycles. The Morgan fingerprint density at radius 1 is 1.21 bits per heavy atom. The van der Waals surface area contributed by atoms with Gasteiger partial charge < -0.3 is 11.1 Å². The van der Waals surface area contributed by atoms with Gasteiger partial charge in [0.15, 0.2) is 0 Å². The summed E-state index contributed by atoms with van der Waals surface area (Å²) in [4.78, 5) is 0. The third-order valence-electron chi connectivity index (χ3n) is 3.20. The van der Waals surface area contributed by atoms with Crippen LogP contribution in [-0.4, -0.2) is 18.1 Å². The summed E-state index contributed by atoms with van der Waals surface area (Å²) in [7, 11) is 0. The van der Waals surface area contributed by atoms with Crippen LogP contribution in [0.1, 0.15) is 59.8 Å². The minimum atomic E-state index is 0.000471. The van der Waals surface area contributed by atoms with E-state index in [1.54, 1.807) is 0 Å². The van der Waals surface area contributed by atoms with Crippen LogP contribution in [-0.2, 0) is 0 Å². The molecule has 3 N–H and O–H groups in total. The van der Waals surface area contributed by atoms with Crippen LogP contribution in [0, 0.1) is 0 Å². The van der Waals surface area contributed by atoms with Gasteiger partial charge in [-0.15, -0.1) is 0 Å². The van der Waals surface area contributed by atoms with Crippen LogP contribution >= 0.6 is 0 Å². The van der Waals surface area contributed by atoms with Crippen LogP contribution in [0.4, 0.5) is 0 Å². The molecule has 14 heavy (non-hydrogen) atoms. The summed E-state index contributed by atoms with van der Waals surface area (Å²) in [6.45, 7) is 9.77. The first-order valence-corrected chi connectivity index (χ1v) is 6.10. The van der Waals surface area contributed by atoms with E-state index in [2.05, 4.69) is 33.0 Å². The zero-order valence-electron chi connectivity index (χ0n) is 10.4. The van der Waals surface area contributed by atoms with E-state index in [0.29, 0.717) is 6.04 Å². The molecule has 0 amide bonds. The monoisotopic (exact) mass is 200 g/mol. The second-order valence-corrected chi connectivity index (χ2v) is 4.49. The molecule has 2 heteroatoms. The van der Waals surface area contributed by atoms with Gasteiger partial charge in [0.1, 0.15) is 0 Å². The van der Waals surface area contributed by atoms with E-state index in [1.165, 1.54) is 19.3 Å². The summed E-state index contributed by atoms with van der Waals surface area (Å²) in [5, 5.41) is 3.53. The molecule has 0 spiro atoms. The maximum atomic E-state index is 6.21. The first kappa shape index (κ1) is 13.9. The lowest BCUT2D eigenvalue weighted by molar-refractivity contribution is 0.344. The van der Waals surface area contributed by atoms with E-state index in [-0.39, 0.29) is 5.54 Å². The van der Waals surface area contributed by atoms with Crippen molar-refractivity contribution >= 4 is 0 Å². The predicted octanol–water partition coefficient (Wildman–Crippen LogP) is 2.67. The van der Waals surface area contributed by atoms with Crippen molar-refractivity contribution in [1.82, 2.24) is 5.32 Å². The smallest absolute Gasteiger partial charge is 0.0275 e. The van der Waals surface area contributed by atoms with Crippen molar-refractivity contribution in [1.29, 1.82) is 0 Å². The number of hydrogen-bond acceptors (Lipinski definition) is 2. The molecule has 0 aromatic rings. The molecule has 0 rings (SSSR count). The SMILES string of the molecule is CCCCC(C)NCC(N)(CC)CC. The van der Waals surface area contributed by atoms with Gasteiger partial charge in [-0.1, -0.05) is 33.6 Å². The van der Waals surface area contributed by atoms with Gasteiger partial charge in [0.25, 0.3) is 0 Å². The molecule has 0 heterocycles. The molecule has 0 aliphatic carbocycles. The quantitative estimate of drug-likeness (QED) is 0.632. The normalized spacial score (nSPS) is 14.4. The topological polar surface area (TPSA) is 38.0 Å². The van der Waals surface area contributed by atoms with E-state index in [0.717, 1.165) is 19.4 Å². The van der Waals surface area contributed by atoms with E-state index in [4.69, 9.17) is 5.73 Å². The summed E-state index contributed by atoms with van der Waals surface area (Å²) < 4.78 is 0. The molecule has 0 aromatic heterocycles. The van der Waals surface area contributed by atoms with Crippen molar-refractivity contribution in [3.05, 3.63) is 0 Å². The Kier molecular flexibility index (Phi) is 7.20. The lowest BCUT2D eigenvalue weighted by Gasteiger charge is -2.29. The van der Waals surface area contributed by atoms with Crippen LogP contribution < -0.4 is 11.1 Å². The number of rotatable bonds is 8. The summed E-state index contributed by atoms with van der Waals surface area (Å²) >= 11 is 0. The van der Waals surface area contributed by atoms with Gasteiger partial charge in [-0.05, 0) is 26.2 Å². The number of nitrogens with two attached hydrogens (primary N) is 1. The van der Waals surface area contributed by atoms with E-state index in [9.17, 15) is 0 Å². The van der Waals surface area contributed by atoms with Crippen LogP contribution in [0.3, 0.4) is 0 Å². The van der Waals surface area contributed by atoms with Gasteiger partial charge in [-0.25, -0.2) is 0 Å². The first-order chi connectivity index (χ1) is 6.58. The average molecular weight is 200 g/mol. The Bertz CT molecular complexity index is 130. The lowest BCUT2D eigenvalue weighted by atomic mass is 9.94. The Hall–Kier alpha value is -0.0800. The van der Waals surface area contributed by atoms with Crippen LogP contribution in [0.25, 0.3) is 0 Å². The second-order valence-electron chi connectivity index (χ2n) is 4.49. The third kappa shape index (κ3) is 5.61. The standard InChI is InChI=1S/C12H28N2/c1-5-8-9-11(4)14-10-12(13,6-2)7-3/h11,14H,5-10,13H2,1-4H3. The summed E-state index contributed by atoms with van der Waals surface area (Å²) in [6, 6.07) is 0.607. The Morgan fingerprint density at radius 3 is 2.21 bits per heavy atom. The van der Waals surface area contributed by atoms with Crippen molar-refractivity contribution in [2.45, 2.75) is 71.4 Å². The molecule has 0 bridgehead atoms. The fraction of sp³-hybridized carbons (Fsp3) is 1.00. The van der Waals surface area contributed by atoms with Gasteiger partial charge in [0.05, 0.1) is 0 Å². The van der Waals surface area contributed by atoms with Crippen molar-refractivity contribution in [2.75, 3.05) is 6.54 Å². The highest BCUT2D eigenvalue weighted by Gasteiger charge is 2.20. The predicted molar refractivity (Wildman–Crippen MR) is 64.5 cm³/mol. The highest BCUT2D eigenvalue weighted by molar-refractivity contribution is 4.84. The van der Waals surface area contributed by atoms with Gasteiger partial charge in [-0.2, -0.15) is 0 Å². The number of hydrogen-bond donors (Lipinski definition) is 2. The molecule has 86 valence electrons. The summed E-state index contributed by atoms with van der Waals surface area (Å²) in [5.41, 5.74) is 6.21. The zero-order valence-corrected chi connectivity index (χ0v) is 10.4. The molecule has 0 fully saturated rings. The maximum absolute atomic E-state index is 6.21. The minimum absolute atomic E-state index is 0.000471. The molecular formula is C12H28N2. The molecule has 0 aliphatic heterocycles. The van der Waals surface area contributed by atoms with Crippen molar-refractivity contribution in [2.24, 2.45) is 5.73 Å².